The number of aryl methyl sites for hydroxylation is 1. The van der Waals surface area contributed by atoms with Crippen molar-refractivity contribution in [2.75, 3.05) is 0 Å². The van der Waals surface area contributed by atoms with E-state index >= 15 is 0 Å². The summed E-state index contributed by atoms with van der Waals surface area (Å²) in [5, 5.41) is 11.0. The van der Waals surface area contributed by atoms with E-state index < -0.39 is 0 Å². The topological polar surface area (TPSA) is 43.1 Å². The van der Waals surface area contributed by atoms with Gasteiger partial charge in [0.2, 0.25) is 0 Å². The lowest BCUT2D eigenvalue weighted by Crippen LogP contribution is -2.01. The van der Waals surface area contributed by atoms with Gasteiger partial charge < -0.3 is 0 Å². The quantitative estimate of drug-likeness (QED) is 0.396. The average molecular weight is 399 g/mol. The molecule has 104 valence electrons. The second-order valence-corrected chi connectivity index (χ2v) is 6.43. The molecule has 0 radical (unpaired) electrons. The van der Waals surface area contributed by atoms with Gasteiger partial charge in [-0.15, -0.1) is 0 Å². The molecular formula is C15H13Br2NO2. The summed E-state index contributed by atoms with van der Waals surface area (Å²) in [4.78, 5) is 10.7. The highest BCUT2D eigenvalue weighted by Crippen LogP contribution is 2.35. The van der Waals surface area contributed by atoms with Crippen molar-refractivity contribution < 1.29 is 4.92 Å². The lowest BCUT2D eigenvalue weighted by atomic mass is 10.0. The summed E-state index contributed by atoms with van der Waals surface area (Å²) >= 11 is 7.22. The molecule has 0 fully saturated rings. The van der Waals surface area contributed by atoms with Gasteiger partial charge >= 0.3 is 0 Å². The molecule has 0 aliphatic rings. The number of nitro groups is 1. The molecule has 0 heterocycles. The Morgan fingerprint density at radius 3 is 2.60 bits per heavy atom. The molecule has 0 bridgehead atoms. The normalized spacial score (nSPS) is 12.2. The van der Waals surface area contributed by atoms with Gasteiger partial charge in [-0.1, -0.05) is 68.3 Å². The molecule has 2 aromatic carbocycles. The van der Waals surface area contributed by atoms with Crippen molar-refractivity contribution in [2.45, 2.75) is 18.2 Å². The van der Waals surface area contributed by atoms with E-state index in [1.165, 1.54) is 0 Å². The van der Waals surface area contributed by atoms with Crippen LogP contribution in [-0.2, 0) is 6.42 Å². The first-order valence-corrected chi connectivity index (χ1v) is 7.83. The van der Waals surface area contributed by atoms with Crippen LogP contribution in [0.15, 0.2) is 46.9 Å². The van der Waals surface area contributed by atoms with Crippen LogP contribution in [0.4, 0.5) is 5.69 Å². The van der Waals surface area contributed by atoms with Crippen molar-refractivity contribution in [2.24, 2.45) is 0 Å². The Bertz CT molecular complexity index is 644. The zero-order valence-electron chi connectivity index (χ0n) is 10.8. The highest BCUT2D eigenvalue weighted by molar-refractivity contribution is 9.11. The van der Waals surface area contributed by atoms with Gasteiger partial charge in [-0.25, -0.2) is 0 Å². The second-order valence-electron chi connectivity index (χ2n) is 4.54. The predicted molar refractivity (Wildman–Crippen MR) is 87.3 cm³/mol. The standard InChI is InChI=1S/C15H13Br2NO2/c1-10-5-4-7-12(15(10)17)13(16)9-11-6-2-3-8-14(11)18(19)20/h2-8,13H,9H2,1H3. The summed E-state index contributed by atoms with van der Waals surface area (Å²) in [6.07, 6.45) is 0.569. The maximum absolute atomic E-state index is 11.0. The number of nitro benzene ring substituents is 1. The second kappa shape index (κ2) is 6.50. The van der Waals surface area contributed by atoms with E-state index in [1.54, 1.807) is 18.2 Å². The van der Waals surface area contributed by atoms with Gasteiger partial charge in [-0.3, -0.25) is 10.1 Å². The Balaban J connectivity index is 2.30. The Hall–Kier alpha value is -1.20. The van der Waals surface area contributed by atoms with E-state index in [2.05, 4.69) is 31.9 Å². The van der Waals surface area contributed by atoms with Gasteiger partial charge in [0.1, 0.15) is 0 Å². The number of rotatable bonds is 4. The highest BCUT2D eigenvalue weighted by atomic mass is 79.9. The molecule has 2 rings (SSSR count). The number of benzene rings is 2. The number of nitrogens with zero attached hydrogens (tertiary/aromatic N) is 1. The van der Waals surface area contributed by atoms with E-state index in [4.69, 9.17) is 0 Å². The van der Waals surface area contributed by atoms with Crippen molar-refractivity contribution in [1.29, 1.82) is 0 Å². The summed E-state index contributed by atoms with van der Waals surface area (Å²) in [6, 6.07) is 12.9. The number of halogens is 2. The average Bonchev–Trinajstić information content (AvgIpc) is 2.42. The fraction of sp³-hybridized carbons (Fsp3) is 0.200. The van der Waals surface area contributed by atoms with Crippen molar-refractivity contribution in [3.8, 4) is 0 Å². The molecule has 3 nitrogen and oxygen atoms in total. The van der Waals surface area contributed by atoms with E-state index in [0.717, 1.165) is 21.2 Å². The first-order valence-electron chi connectivity index (χ1n) is 6.12. The van der Waals surface area contributed by atoms with Crippen LogP contribution in [0.5, 0.6) is 0 Å². The van der Waals surface area contributed by atoms with E-state index in [0.29, 0.717) is 6.42 Å². The van der Waals surface area contributed by atoms with Gasteiger partial charge in [-0.05, 0) is 24.5 Å². The fourth-order valence-corrected chi connectivity index (χ4v) is 3.65. The molecule has 0 aliphatic carbocycles. The third-order valence-corrected chi connectivity index (χ3v) is 5.05. The van der Waals surface area contributed by atoms with Gasteiger partial charge in [-0.2, -0.15) is 0 Å². The molecule has 2 aromatic rings. The number of hydrogen-bond acceptors (Lipinski definition) is 2. The van der Waals surface area contributed by atoms with Gasteiger partial charge in [0.25, 0.3) is 5.69 Å². The zero-order chi connectivity index (χ0) is 14.7. The molecular weight excluding hydrogens is 386 g/mol. The molecule has 0 saturated heterocycles. The van der Waals surface area contributed by atoms with Crippen molar-refractivity contribution >= 4 is 37.5 Å². The first-order chi connectivity index (χ1) is 9.50. The van der Waals surface area contributed by atoms with Crippen LogP contribution in [0.3, 0.4) is 0 Å². The third kappa shape index (κ3) is 3.27. The molecule has 1 atom stereocenters. The number of hydrogen-bond donors (Lipinski definition) is 0. The molecule has 5 heteroatoms. The maximum atomic E-state index is 11.0. The highest BCUT2D eigenvalue weighted by Gasteiger charge is 2.18. The molecule has 0 aliphatic heterocycles. The molecule has 0 N–H and O–H groups in total. The summed E-state index contributed by atoms with van der Waals surface area (Å²) in [5.41, 5.74) is 3.14. The van der Waals surface area contributed by atoms with Gasteiger partial charge in [0.05, 0.1) is 4.92 Å². The predicted octanol–water partition coefficient (Wildman–Crippen LogP) is 5.34. The van der Waals surface area contributed by atoms with Crippen LogP contribution in [0.2, 0.25) is 0 Å². The molecule has 0 aromatic heterocycles. The van der Waals surface area contributed by atoms with Gasteiger partial charge in [0.15, 0.2) is 0 Å². The minimum atomic E-state index is -0.333. The summed E-state index contributed by atoms with van der Waals surface area (Å²) in [7, 11) is 0. The molecule has 20 heavy (non-hydrogen) atoms. The van der Waals surface area contributed by atoms with Gasteiger partial charge in [0, 0.05) is 20.9 Å². The van der Waals surface area contributed by atoms with Crippen molar-refractivity contribution in [1.82, 2.24) is 0 Å². The van der Waals surface area contributed by atoms with E-state index in [9.17, 15) is 10.1 Å². The number of para-hydroxylation sites is 1. The van der Waals surface area contributed by atoms with Crippen LogP contribution in [0, 0.1) is 17.0 Å². The summed E-state index contributed by atoms with van der Waals surface area (Å²) in [5.74, 6) is 0. The van der Waals surface area contributed by atoms with Crippen LogP contribution in [0.25, 0.3) is 0 Å². The Labute approximate surface area is 134 Å². The number of alkyl halides is 1. The Kier molecular flexibility index (Phi) is 4.94. The SMILES string of the molecule is Cc1cccc(C(Br)Cc2ccccc2[N+](=O)[O-])c1Br. The first kappa shape index (κ1) is 15.2. The minimum absolute atomic E-state index is 0.0258. The van der Waals surface area contributed by atoms with Crippen LogP contribution >= 0.6 is 31.9 Å². The largest absolute Gasteiger partial charge is 0.272 e. The molecule has 1 unspecified atom stereocenters. The lowest BCUT2D eigenvalue weighted by Gasteiger charge is -2.14. The smallest absolute Gasteiger partial charge is 0.258 e. The maximum Gasteiger partial charge on any atom is 0.272 e. The Morgan fingerprint density at radius 2 is 1.90 bits per heavy atom. The van der Waals surface area contributed by atoms with Crippen LogP contribution in [-0.4, -0.2) is 4.92 Å². The summed E-state index contributed by atoms with van der Waals surface area (Å²) < 4.78 is 1.04. The van der Waals surface area contributed by atoms with Crippen molar-refractivity contribution in [3.05, 3.63) is 73.7 Å². The fourth-order valence-electron chi connectivity index (χ4n) is 2.08. The third-order valence-electron chi connectivity index (χ3n) is 3.15. The zero-order valence-corrected chi connectivity index (χ0v) is 14.0. The summed E-state index contributed by atoms with van der Waals surface area (Å²) in [6.45, 7) is 2.03. The van der Waals surface area contributed by atoms with Crippen LogP contribution < -0.4 is 0 Å². The minimum Gasteiger partial charge on any atom is -0.258 e. The molecule has 0 amide bonds. The van der Waals surface area contributed by atoms with Crippen molar-refractivity contribution in [3.63, 3.8) is 0 Å². The van der Waals surface area contributed by atoms with E-state index in [-0.39, 0.29) is 15.4 Å². The molecule has 0 saturated carbocycles. The Morgan fingerprint density at radius 1 is 1.20 bits per heavy atom. The molecule has 0 spiro atoms. The monoisotopic (exact) mass is 397 g/mol. The van der Waals surface area contributed by atoms with E-state index in [1.807, 2.05) is 31.2 Å². The lowest BCUT2D eigenvalue weighted by molar-refractivity contribution is -0.385. The van der Waals surface area contributed by atoms with Crippen LogP contribution in [0.1, 0.15) is 21.5 Å².